The third kappa shape index (κ3) is 6.07. The van der Waals surface area contributed by atoms with Crippen LogP contribution in [0.25, 0.3) is 0 Å². The monoisotopic (exact) mass is 373 g/mol. The van der Waals surface area contributed by atoms with Gasteiger partial charge in [0, 0.05) is 12.5 Å². The predicted molar refractivity (Wildman–Crippen MR) is 110 cm³/mol. The molecule has 0 radical (unpaired) electrons. The molecule has 3 atom stereocenters. The zero-order valence-electron chi connectivity index (χ0n) is 16.9. The summed E-state index contributed by atoms with van der Waals surface area (Å²) in [6.45, 7) is 7.92. The summed E-state index contributed by atoms with van der Waals surface area (Å²) in [5.74, 6) is 2.65. The minimum Gasteiger partial charge on any atom is -0.499 e. The van der Waals surface area contributed by atoms with Crippen LogP contribution in [0.5, 0.6) is 0 Å². The number of ether oxygens (including phenoxy) is 1. The minimum atomic E-state index is -0.150. The molecule has 1 aromatic rings. The van der Waals surface area contributed by atoms with E-state index in [-0.39, 0.29) is 5.82 Å². The average Bonchev–Trinajstić information content (AvgIpc) is 2.68. The van der Waals surface area contributed by atoms with Crippen molar-refractivity contribution in [3.8, 4) is 0 Å². The maximum atomic E-state index is 13.4. The molecule has 0 heterocycles. The largest absolute Gasteiger partial charge is 0.499 e. The molecule has 3 heteroatoms. The van der Waals surface area contributed by atoms with Gasteiger partial charge < -0.3 is 10.1 Å². The SMILES string of the molecule is C=C(C[C@@H]1CC[C@@H](NCC2CCCCC2)[C@H](c2ccc(F)cc2)C1)OCC. The van der Waals surface area contributed by atoms with Gasteiger partial charge in [-0.05, 0) is 81.0 Å². The van der Waals surface area contributed by atoms with Crippen LogP contribution in [0.3, 0.4) is 0 Å². The van der Waals surface area contributed by atoms with Gasteiger partial charge in [0.1, 0.15) is 5.82 Å². The van der Waals surface area contributed by atoms with Gasteiger partial charge in [0.15, 0.2) is 0 Å². The van der Waals surface area contributed by atoms with E-state index in [0.29, 0.717) is 24.5 Å². The molecule has 27 heavy (non-hydrogen) atoms. The van der Waals surface area contributed by atoms with Gasteiger partial charge in [-0.2, -0.15) is 0 Å². The summed E-state index contributed by atoms with van der Waals surface area (Å²) in [5, 5.41) is 3.91. The van der Waals surface area contributed by atoms with Gasteiger partial charge in [-0.15, -0.1) is 0 Å². The summed E-state index contributed by atoms with van der Waals surface area (Å²) in [7, 11) is 0. The molecule has 2 aliphatic rings. The Kier molecular flexibility index (Phi) is 7.75. The Balaban J connectivity index is 1.63. The number of allylic oxidation sites excluding steroid dienone is 1. The van der Waals surface area contributed by atoms with Gasteiger partial charge in [0.05, 0.1) is 12.4 Å². The van der Waals surface area contributed by atoms with E-state index in [1.54, 1.807) is 12.1 Å². The second kappa shape index (κ2) is 10.3. The van der Waals surface area contributed by atoms with Gasteiger partial charge in [-0.3, -0.25) is 0 Å². The van der Waals surface area contributed by atoms with E-state index >= 15 is 0 Å². The topological polar surface area (TPSA) is 21.3 Å². The zero-order valence-corrected chi connectivity index (χ0v) is 16.9. The molecule has 0 amide bonds. The molecule has 0 bridgehead atoms. The lowest BCUT2D eigenvalue weighted by atomic mass is 9.73. The molecular formula is C24H36FNO. The molecule has 1 N–H and O–H groups in total. The van der Waals surface area contributed by atoms with E-state index in [2.05, 4.69) is 11.9 Å². The molecule has 3 rings (SSSR count). The van der Waals surface area contributed by atoms with Crippen molar-refractivity contribution < 1.29 is 9.13 Å². The van der Waals surface area contributed by atoms with E-state index < -0.39 is 0 Å². The summed E-state index contributed by atoms with van der Waals surface area (Å²) >= 11 is 0. The first kappa shape index (κ1) is 20.4. The normalized spacial score (nSPS) is 26.7. The Bertz CT molecular complexity index is 579. The highest BCUT2D eigenvalue weighted by Crippen LogP contribution is 2.39. The Morgan fingerprint density at radius 1 is 1.07 bits per heavy atom. The van der Waals surface area contributed by atoms with Gasteiger partial charge in [-0.25, -0.2) is 4.39 Å². The van der Waals surface area contributed by atoms with Crippen molar-refractivity contribution in [2.45, 2.75) is 76.7 Å². The predicted octanol–water partition coefficient (Wildman–Crippen LogP) is 6.19. The number of hydrogen-bond donors (Lipinski definition) is 1. The lowest BCUT2D eigenvalue weighted by Gasteiger charge is -2.38. The van der Waals surface area contributed by atoms with Crippen LogP contribution in [0, 0.1) is 17.7 Å². The summed E-state index contributed by atoms with van der Waals surface area (Å²) in [5.41, 5.74) is 1.27. The molecule has 2 aliphatic carbocycles. The van der Waals surface area contributed by atoms with Crippen molar-refractivity contribution in [1.82, 2.24) is 5.32 Å². The van der Waals surface area contributed by atoms with Crippen LogP contribution in [-0.2, 0) is 4.74 Å². The second-order valence-electron chi connectivity index (χ2n) is 8.53. The third-order valence-corrected chi connectivity index (χ3v) is 6.52. The second-order valence-corrected chi connectivity index (χ2v) is 8.53. The van der Waals surface area contributed by atoms with Crippen LogP contribution in [0.15, 0.2) is 36.6 Å². The Morgan fingerprint density at radius 3 is 2.52 bits per heavy atom. The third-order valence-electron chi connectivity index (χ3n) is 6.52. The van der Waals surface area contributed by atoms with Crippen LogP contribution in [0.1, 0.15) is 76.2 Å². The van der Waals surface area contributed by atoms with E-state index in [4.69, 9.17) is 4.74 Å². The summed E-state index contributed by atoms with van der Waals surface area (Å²) in [4.78, 5) is 0. The molecule has 0 spiro atoms. The first-order chi connectivity index (χ1) is 13.2. The van der Waals surface area contributed by atoms with Crippen LogP contribution in [0.2, 0.25) is 0 Å². The van der Waals surface area contributed by atoms with E-state index in [1.165, 1.54) is 50.5 Å². The summed E-state index contributed by atoms with van der Waals surface area (Å²) < 4.78 is 19.0. The van der Waals surface area contributed by atoms with Crippen molar-refractivity contribution in [3.63, 3.8) is 0 Å². The maximum absolute atomic E-state index is 13.4. The molecule has 0 unspecified atom stereocenters. The zero-order chi connectivity index (χ0) is 19.1. The smallest absolute Gasteiger partial charge is 0.123 e. The van der Waals surface area contributed by atoms with Gasteiger partial charge in [0.2, 0.25) is 0 Å². The molecular weight excluding hydrogens is 337 g/mol. The molecule has 0 saturated heterocycles. The molecule has 2 saturated carbocycles. The fourth-order valence-electron chi connectivity index (χ4n) is 5.06. The number of nitrogens with one attached hydrogen (secondary N) is 1. The molecule has 2 fully saturated rings. The van der Waals surface area contributed by atoms with Crippen LogP contribution in [0.4, 0.5) is 4.39 Å². The highest BCUT2D eigenvalue weighted by Gasteiger charge is 2.32. The number of rotatable bonds is 8. The number of halogens is 1. The lowest BCUT2D eigenvalue weighted by molar-refractivity contribution is 0.181. The Hall–Kier alpha value is -1.35. The fraction of sp³-hybridized carbons (Fsp3) is 0.667. The summed E-state index contributed by atoms with van der Waals surface area (Å²) in [6.07, 6.45) is 11.4. The standard InChI is InChI=1S/C24H36FNO/c1-3-27-18(2)15-20-9-14-24(26-17-19-7-5-4-6-8-19)23(16-20)21-10-12-22(25)13-11-21/h10-13,19-20,23-24,26H,2-9,14-17H2,1H3/t20-,23-,24+/m0/s1. The molecule has 0 aliphatic heterocycles. The first-order valence-corrected chi connectivity index (χ1v) is 10.9. The van der Waals surface area contributed by atoms with E-state index in [1.807, 2.05) is 19.1 Å². The maximum Gasteiger partial charge on any atom is 0.123 e. The molecule has 1 aromatic carbocycles. The lowest BCUT2D eigenvalue weighted by Crippen LogP contribution is -2.42. The fourth-order valence-corrected chi connectivity index (χ4v) is 5.06. The average molecular weight is 374 g/mol. The van der Waals surface area contributed by atoms with E-state index in [9.17, 15) is 4.39 Å². The quantitative estimate of drug-likeness (QED) is 0.549. The number of hydrogen-bond acceptors (Lipinski definition) is 2. The molecule has 150 valence electrons. The Morgan fingerprint density at radius 2 is 1.81 bits per heavy atom. The Labute approximate surface area is 164 Å². The minimum absolute atomic E-state index is 0.150. The van der Waals surface area contributed by atoms with Gasteiger partial charge >= 0.3 is 0 Å². The van der Waals surface area contributed by atoms with Crippen LogP contribution in [-0.4, -0.2) is 19.2 Å². The van der Waals surface area contributed by atoms with Crippen molar-refractivity contribution in [2.24, 2.45) is 11.8 Å². The highest BCUT2D eigenvalue weighted by atomic mass is 19.1. The van der Waals surface area contributed by atoms with Gasteiger partial charge in [-0.1, -0.05) is 38.0 Å². The molecule has 2 nitrogen and oxygen atoms in total. The number of benzene rings is 1. The highest BCUT2D eigenvalue weighted by molar-refractivity contribution is 5.23. The van der Waals surface area contributed by atoms with Crippen molar-refractivity contribution >= 4 is 0 Å². The molecule has 0 aromatic heterocycles. The summed E-state index contributed by atoms with van der Waals surface area (Å²) in [6, 6.07) is 7.67. The van der Waals surface area contributed by atoms with Crippen LogP contribution < -0.4 is 5.32 Å². The van der Waals surface area contributed by atoms with Crippen molar-refractivity contribution in [2.75, 3.05) is 13.2 Å². The van der Waals surface area contributed by atoms with Gasteiger partial charge in [0.25, 0.3) is 0 Å². The van der Waals surface area contributed by atoms with Crippen LogP contribution >= 0.6 is 0 Å². The first-order valence-electron chi connectivity index (χ1n) is 10.9. The van der Waals surface area contributed by atoms with Crippen molar-refractivity contribution in [1.29, 1.82) is 0 Å². The van der Waals surface area contributed by atoms with E-state index in [0.717, 1.165) is 31.1 Å². The van der Waals surface area contributed by atoms with Crippen molar-refractivity contribution in [3.05, 3.63) is 48.0 Å².